The summed E-state index contributed by atoms with van der Waals surface area (Å²) in [5.41, 5.74) is 4.36. The van der Waals surface area contributed by atoms with E-state index in [0.29, 0.717) is 11.3 Å². The number of fused-ring (bicyclic) bond motifs is 3. The number of para-hydroxylation sites is 1. The van der Waals surface area contributed by atoms with Gasteiger partial charge in [-0.1, -0.05) is 36.0 Å². The van der Waals surface area contributed by atoms with Crippen molar-refractivity contribution in [1.82, 2.24) is 0 Å². The lowest BCUT2D eigenvalue weighted by molar-refractivity contribution is 0.600. The van der Waals surface area contributed by atoms with Gasteiger partial charge in [0, 0.05) is 10.6 Å². The maximum Gasteiger partial charge on any atom is 0.198 e. The number of hydrogen-bond donors (Lipinski definition) is 3. The summed E-state index contributed by atoms with van der Waals surface area (Å²) in [7, 11) is -4.65. The summed E-state index contributed by atoms with van der Waals surface area (Å²) < 4.78 is 37.6. The van der Waals surface area contributed by atoms with Crippen LogP contribution in [0.25, 0.3) is 0 Å². The van der Waals surface area contributed by atoms with Crippen molar-refractivity contribution in [2.45, 2.75) is 25.4 Å². The molecule has 3 aromatic rings. The number of hydrogen-bond acceptors (Lipinski definition) is 7. The molecule has 0 aliphatic carbocycles. The lowest BCUT2D eigenvalue weighted by Gasteiger charge is -2.13. The van der Waals surface area contributed by atoms with Gasteiger partial charge in [-0.2, -0.15) is 0 Å². The van der Waals surface area contributed by atoms with Crippen LogP contribution in [-0.2, 0) is 20.6 Å². The zero-order chi connectivity index (χ0) is 20.5. The van der Waals surface area contributed by atoms with Crippen molar-refractivity contribution in [3.8, 4) is 0 Å². The average Bonchev–Trinajstić information content (AvgIpc) is 3.41. The molecule has 3 atom stereocenters. The maximum atomic E-state index is 13.1. The maximum absolute atomic E-state index is 13.1. The first-order valence-electron chi connectivity index (χ1n) is 9.43. The molecule has 30 heavy (non-hydrogen) atoms. The molecule has 3 N–H and O–H groups in total. The number of sulfone groups is 1. The number of thioether (sulfide) groups is 1. The number of anilines is 3. The standard InChI is InChI=1S/C21H17N3O3S3/c25-29-18-8-6-12(20-23-14-3-1-2-4-17(14)28-20)9-16(18)24-21(29)13-5-7-15-19(10-13)30(26,27)11-22-15/h1-10,20-24H,11H2. The molecule has 3 heterocycles. The Hall–Kier alpha value is -2.49. The topological polar surface area (TPSA) is 87.3 Å². The minimum Gasteiger partial charge on any atom is -0.370 e. The molecular formula is C21H17N3O3S3. The zero-order valence-corrected chi connectivity index (χ0v) is 18.0. The van der Waals surface area contributed by atoms with Crippen LogP contribution < -0.4 is 16.0 Å². The predicted octanol–water partition coefficient (Wildman–Crippen LogP) is 4.29. The Kier molecular flexibility index (Phi) is 3.96. The molecule has 152 valence electrons. The van der Waals surface area contributed by atoms with Gasteiger partial charge in [-0.25, -0.2) is 8.42 Å². The largest absolute Gasteiger partial charge is 0.370 e. The Balaban J connectivity index is 1.31. The fourth-order valence-corrected chi connectivity index (χ4v) is 7.87. The van der Waals surface area contributed by atoms with Crippen molar-refractivity contribution in [3.05, 3.63) is 71.8 Å². The molecule has 0 fully saturated rings. The van der Waals surface area contributed by atoms with Gasteiger partial charge in [0.25, 0.3) is 0 Å². The second-order valence-corrected chi connectivity index (χ2v) is 12.0. The summed E-state index contributed by atoms with van der Waals surface area (Å²) in [5, 5.41) is 9.38. The number of rotatable bonds is 2. The highest BCUT2D eigenvalue weighted by atomic mass is 32.2. The van der Waals surface area contributed by atoms with E-state index in [1.165, 1.54) is 4.90 Å². The molecule has 0 radical (unpaired) electrons. The van der Waals surface area contributed by atoms with E-state index in [1.807, 2.05) is 36.4 Å². The fraction of sp³-hybridized carbons (Fsp3) is 0.143. The van der Waals surface area contributed by atoms with Gasteiger partial charge in [0.2, 0.25) is 0 Å². The van der Waals surface area contributed by atoms with Crippen LogP contribution in [0.15, 0.2) is 75.4 Å². The number of nitrogens with one attached hydrogen (secondary N) is 3. The van der Waals surface area contributed by atoms with Gasteiger partial charge >= 0.3 is 0 Å². The van der Waals surface area contributed by atoms with Crippen LogP contribution in [0.5, 0.6) is 0 Å². The smallest absolute Gasteiger partial charge is 0.198 e. The highest BCUT2D eigenvalue weighted by Crippen LogP contribution is 2.48. The van der Waals surface area contributed by atoms with Gasteiger partial charge in [0.15, 0.2) is 9.84 Å². The summed E-state index contributed by atoms with van der Waals surface area (Å²) >= 11 is 1.76. The monoisotopic (exact) mass is 455 g/mol. The van der Waals surface area contributed by atoms with Crippen LogP contribution in [0, 0.1) is 0 Å². The van der Waals surface area contributed by atoms with Gasteiger partial charge < -0.3 is 16.0 Å². The summed E-state index contributed by atoms with van der Waals surface area (Å²) in [5.74, 6) is -0.0923. The second kappa shape index (κ2) is 6.50. The summed E-state index contributed by atoms with van der Waals surface area (Å²) in [4.78, 5) is 2.23. The van der Waals surface area contributed by atoms with Crippen molar-refractivity contribution >= 4 is 49.5 Å². The van der Waals surface area contributed by atoms with Crippen LogP contribution in [-0.4, -0.2) is 18.5 Å². The van der Waals surface area contributed by atoms with E-state index in [2.05, 4.69) is 28.1 Å². The summed E-state index contributed by atoms with van der Waals surface area (Å²) in [6.45, 7) is 0. The van der Waals surface area contributed by atoms with Crippen molar-refractivity contribution < 1.29 is 12.6 Å². The van der Waals surface area contributed by atoms with E-state index in [4.69, 9.17) is 0 Å². The molecule has 0 bridgehead atoms. The molecule has 6 nitrogen and oxygen atoms in total. The van der Waals surface area contributed by atoms with E-state index in [-0.39, 0.29) is 16.1 Å². The summed E-state index contributed by atoms with van der Waals surface area (Å²) in [6.07, 6.45) is 0. The van der Waals surface area contributed by atoms with Crippen molar-refractivity contribution in [3.63, 3.8) is 0 Å². The van der Waals surface area contributed by atoms with Gasteiger partial charge in [0.05, 0.1) is 32.0 Å². The highest BCUT2D eigenvalue weighted by molar-refractivity contribution is 8.00. The molecule has 3 aromatic carbocycles. The lowest BCUT2D eigenvalue weighted by atomic mass is 10.1. The van der Waals surface area contributed by atoms with E-state index in [0.717, 1.165) is 21.8 Å². The quantitative estimate of drug-likeness (QED) is 0.531. The third-order valence-corrected chi connectivity index (χ3v) is 9.91. The van der Waals surface area contributed by atoms with E-state index < -0.39 is 26.0 Å². The molecule has 0 spiro atoms. The van der Waals surface area contributed by atoms with E-state index in [9.17, 15) is 12.6 Å². The molecule has 3 aliphatic heterocycles. The van der Waals surface area contributed by atoms with Crippen molar-refractivity contribution in [1.29, 1.82) is 0 Å². The van der Waals surface area contributed by atoms with Crippen molar-refractivity contribution in [2.24, 2.45) is 0 Å². The van der Waals surface area contributed by atoms with Gasteiger partial charge in [-0.3, -0.25) is 4.21 Å². The van der Waals surface area contributed by atoms with Crippen LogP contribution in [0.1, 0.15) is 21.9 Å². The minimum atomic E-state index is -3.34. The molecule has 3 unspecified atom stereocenters. The van der Waals surface area contributed by atoms with Crippen LogP contribution >= 0.6 is 11.8 Å². The SMILES string of the molecule is O=S1c2ccc(C3Nc4ccccc4S3)cc2NC1c1ccc2c(c1)S(=O)(=O)CN2. The first kappa shape index (κ1) is 18.3. The third-order valence-electron chi connectivity index (χ3n) is 5.54. The second-order valence-electron chi connectivity index (χ2n) is 7.41. The van der Waals surface area contributed by atoms with E-state index >= 15 is 0 Å². The highest BCUT2D eigenvalue weighted by Gasteiger charge is 2.34. The van der Waals surface area contributed by atoms with Gasteiger partial charge in [0.1, 0.15) is 16.6 Å². The molecule has 3 aliphatic rings. The van der Waals surface area contributed by atoms with Crippen LogP contribution in [0.4, 0.5) is 17.1 Å². The summed E-state index contributed by atoms with van der Waals surface area (Å²) in [6, 6.07) is 19.4. The molecule has 0 amide bonds. The number of benzene rings is 3. The average molecular weight is 456 g/mol. The molecule has 0 aromatic heterocycles. The van der Waals surface area contributed by atoms with E-state index in [1.54, 1.807) is 23.9 Å². The Labute approximate surface area is 180 Å². The first-order valence-corrected chi connectivity index (χ1v) is 13.2. The lowest BCUT2D eigenvalue weighted by Crippen LogP contribution is -2.09. The Morgan fingerprint density at radius 2 is 1.73 bits per heavy atom. The molecule has 0 saturated heterocycles. The zero-order valence-electron chi connectivity index (χ0n) is 15.6. The fourth-order valence-electron chi connectivity index (χ4n) is 4.02. The third kappa shape index (κ3) is 2.76. The predicted molar refractivity (Wildman–Crippen MR) is 120 cm³/mol. The minimum absolute atomic E-state index is 0.0923. The van der Waals surface area contributed by atoms with Crippen molar-refractivity contribution in [2.75, 3.05) is 21.8 Å². The molecule has 0 saturated carbocycles. The normalized spacial score (nSPS) is 24.9. The van der Waals surface area contributed by atoms with Crippen LogP contribution in [0.3, 0.4) is 0 Å². The van der Waals surface area contributed by atoms with Gasteiger partial charge in [-0.15, -0.1) is 0 Å². The van der Waals surface area contributed by atoms with Crippen LogP contribution in [0.2, 0.25) is 0 Å². The Bertz CT molecular complexity index is 1320. The molecule has 9 heteroatoms. The first-order chi connectivity index (χ1) is 14.5. The Morgan fingerprint density at radius 1 is 0.900 bits per heavy atom. The molecule has 6 rings (SSSR count). The Morgan fingerprint density at radius 3 is 2.60 bits per heavy atom. The molecular weight excluding hydrogens is 438 g/mol. The van der Waals surface area contributed by atoms with Gasteiger partial charge in [-0.05, 0) is 47.5 Å².